The van der Waals surface area contributed by atoms with E-state index in [1.807, 2.05) is 0 Å². The van der Waals surface area contributed by atoms with E-state index < -0.39 is 0 Å². The van der Waals surface area contributed by atoms with Gasteiger partial charge in [-0.2, -0.15) is 0 Å². The van der Waals surface area contributed by atoms with Gasteiger partial charge in [-0.25, -0.2) is 0 Å². The lowest BCUT2D eigenvalue weighted by Crippen LogP contribution is -2.12. The Bertz CT molecular complexity index is 173. The van der Waals surface area contributed by atoms with Gasteiger partial charge in [-0.3, -0.25) is 0 Å². The molecule has 0 aromatic rings. The minimum Gasteiger partial charge on any atom is -0.494 e. The standard InChI is InChI=1S/C10H17NO/c1-2-11-8-4-3-6-10-7-5-9-12-10/h3,6-7,11H,2,4-5,8-9H2,1H3/b6-3+. The molecule has 0 bridgehead atoms. The van der Waals surface area contributed by atoms with E-state index in [1.54, 1.807) is 0 Å². The van der Waals surface area contributed by atoms with Crippen LogP contribution in [0.25, 0.3) is 0 Å². The third kappa shape index (κ3) is 3.58. The van der Waals surface area contributed by atoms with Gasteiger partial charge in [0.25, 0.3) is 0 Å². The van der Waals surface area contributed by atoms with Crippen LogP contribution in [0.15, 0.2) is 24.0 Å². The second kappa shape index (κ2) is 5.84. The SMILES string of the molecule is CCNCC/C=C/C1=CCCO1. The number of allylic oxidation sites excluding steroid dienone is 1. The van der Waals surface area contributed by atoms with Crippen LogP contribution in [0.4, 0.5) is 0 Å². The number of ether oxygens (including phenoxy) is 1. The summed E-state index contributed by atoms with van der Waals surface area (Å²) >= 11 is 0. The molecule has 1 rings (SSSR count). The van der Waals surface area contributed by atoms with Crippen LogP contribution >= 0.6 is 0 Å². The van der Waals surface area contributed by atoms with Gasteiger partial charge >= 0.3 is 0 Å². The molecule has 2 heteroatoms. The van der Waals surface area contributed by atoms with Gasteiger partial charge in [0.15, 0.2) is 0 Å². The van der Waals surface area contributed by atoms with E-state index in [1.165, 1.54) is 0 Å². The van der Waals surface area contributed by atoms with E-state index in [9.17, 15) is 0 Å². The molecule has 1 heterocycles. The predicted molar refractivity (Wildman–Crippen MR) is 51.0 cm³/mol. The Labute approximate surface area is 74.3 Å². The molecular weight excluding hydrogens is 150 g/mol. The maximum absolute atomic E-state index is 5.31. The highest BCUT2D eigenvalue weighted by molar-refractivity contribution is 5.14. The molecule has 1 aliphatic rings. The lowest BCUT2D eigenvalue weighted by atomic mass is 10.3. The zero-order valence-electron chi connectivity index (χ0n) is 7.68. The van der Waals surface area contributed by atoms with Gasteiger partial charge < -0.3 is 10.1 Å². The monoisotopic (exact) mass is 167 g/mol. The highest BCUT2D eigenvalue weighted by atomic mass is 16.5. The van der Waals surface area contributed by atoms with Crippen LogP contribution in [-0.4, -0.2) is 19.7 Å². The van der Waals surface area contributed by atoms with Gasteiger partial charge in [-0.05, 0) is 31.7 Å². The van der Waals surface area contributed by atoms with Crippen molar-refractivity contribution in [3.63, 3.8) is 0 Å². The first-order valence-corrected chi connectivity index (χ1v) is 4.63. The highest BCUT2D eigenvalue weighted by Gasteiger charge is 1.98. The van der Waals surface area contributed by atoms with Crippen molar-refractivity contribution in [2.75, 3.05) is 19.7 Å². The second-order valence-electron chi connectivity index (χ2n) is 2.79. The normalized spacial score (nSPS) is 16.6. The molecule has 0 saturated heterocycles. The fourth-order valence-electron chi connectivity index (χ4n) is 1.11. The Morgan fingerprint density at radius 2 is 2.58 bits per heavy atom. The Balaban J connectivity index is 2.05. The van der Waals surface area contributed by atoms with Crippen molar-refractivity contribution in [1.29, 1.82) is 0 Å². The van der Waals surface area contributed by atoms with Gasteiger partial charge in [-0.1, -0.05) is 13.0 Å². The van der Waals surface area contributed by atoms with E-state index in [0.717, 1.165) is 38.3 Å². The van der Waals surface area contributed by atoms with Gasteiger partial charge in [0.2, 0.25) is 0 Å². The van der Waals surface area contributed by atoms with E-state index >= 15 is 0 Å². The first kappa shape index (κ1) is 9.33. The molecule has 1 N–H and O–H groups in total. The lowest BCUT2D eigenvalue weighted by Gasteiger charge is -1.97. The first-order chi connectivity index (χ1) is 5.93. The summed E-state index contributed by atoms with van der Waals surface area (Å²) in [5.74, 6) is 1.03. The molecule has 1 aliphatic heterocycles. The molecule has 0 radical (unpaired) electrons. The van der Waals surface area contributed by atoms with Crippen molar-refractivity contribution >= 4 is 0 Å². The third-order valence-corrected chi connectivity index (χ3v) is 1.75. The van der Waals surface area contributed by atoms with Crippen molar-refractivity contribution in [1.82, 2.24) is 5.32 Å². The van der Waals surface area contributed by atoms with Gasteiger partial charge in [0.1, 0.15) is 5.76 Å². The average Bonchev–Trinajstić information content (AvgIpc) is 2.57. The lowest BCUT2D eigenvalue weighted by molar-refractivity contribution is 0.257. The smallest absolute Gasteiger partial charge is 0.115 e. The van der Waals surface area contributed by atoms with Crippen LogP contribution in [0.5, 0.6) is 0 Å². The molecule has 0 aliphatic carbocycles. The van der Waals surface area contributed by atoms with Crippen LogP contribution in [0, 0.1) is 0 Å². The predicted octanol–water partition coefficient (Wildman–Crippen LogP) is 1.85. The molecule has 0 unspecified atom stereocenters. The molecular formula is C10H17NO. The topological polar surface area (TPSA) is 21.3 Å². The van der Waals surface area contributed by atoms with Gasteiger partial charge in [0.05, 0.1) is 6.61 Å². The third-order valence-electron chi connectivity index (χ3n) is 1.75. The van der Waals surface area contributed by atoms with Crippen molar-refractivity contribution in [3.05, 3.63) is 24.0 Å². The number of hydrogen-bond acceptors (Lipinski definition) is 2. The zero-order chi connectivity index (χ0) is 8.65. The van der Waals surface area contributed by atoms with Crippen molar-refractivity contribution in [3.8, 4) is 0 Å². The maximum Gasteiger partial charge on any atom is 0.115 e. The molecule has 2 nitrogen and oxygen atoms in total. The summed E-state index contributed by atoms with van der Waals surface area (Å²) in [5, 5.41) is 3.26. The second-order valence-corrected chi connectivity index (χ2v) is 2.79. The Morgan fingerprint density at radius 3 is 3.25 bits per heavy atom. The molecule has 0 saturated carbocycles. The summed E-state index contributed by atoms with van der Waals surface area (Å²) < 4.78 is 5.31. The summed E-state index contributed by atoms with van der Waals surface area (Å²) in [4.78, 5) is 0. The largest absolute Gasteiger partial charge is 0.494 e. The van der Waals surface area contributed by atoms with Crippen LogP contribution in [0.1, 0.15) is 19.8 Å². The van der Waals surface area contributed by atoms with Crippen LogP contribution < -0.4 is 5.32 Å². The minimum atomic E-state index is 0.854. The van der Waals surface area contributed by atoms with E-state index in [0.29, 0.717) is 0 Å². The number of nitrogens with one attached hydrogen (secondary N) is 1. The molecule has 12 heavy (non-hydrogen) atoms. The van der Waals surface area contributed by atoms with E-state index in [-0.39, 0.29) is 0 Å². The molecule has 0 amide bonds. The number of rotatable bonds is 5. The summed E-state index contributed by atoms with van der Waals surface area (Å²) in [6, 6.07) is 0. The Hall–Kier alpha value is -0.760. The van der Waals surface area contributed by atoms with Crippen LogP contribution in [0.2, 0.25) is 0 Å². The fraction of sp³-hybridized carbons (Fsp3) is 0.600. The van der Waals surface area contributed by atoms with E-state index in [4.69, 9.17) is 4.74 Å². The molecule has 0 fully saturated rings. The van der Waals surface area contributed by atoms with Crippen LogP contribution in [-0.2, 0) is 4.74 Å². The Morgan fingerprint density at radius 1 is 1.67 bits per heavy atom. The summed E-state index contributed by atoms with van der Waals surface area (Å²) in [6.07, 6.45) is 8.48. The highest BCUT2D eigenvalue weighted by Crippen LogP contribution is 2.09. The molecule has 68 valence electrons. The summed E-state index contributed by atoms with van der Waals surface area (Å²) in [7, 11) is 0. The maximum atomic E-state index is 5.31. The van der Waals surface area contributed by atoms with Crippen LogP contribution in [0.3, 0.4) is 0 Å². The summed E-state index contributed by atoms with van der Waals surface area (Å²) in [5.41, 5.74) is 0. The fourth-order valence-corrected chi connectivity index (χ4v) is 1.11. The first-order valence-electron chi connectivity index (χ1n) is 4.63. The average molecular weight is 167 g/mol. The quantitative estimate of drug-likeness (QED) is 0.631. The van der Waals surface area contributed by atoms with Crippen molar-refractivity contribution < 1.29 is 4.74 Å². The van der Waals surface area contributed by atoms with Crippen molar-refractivity contribution in [2.24, 2.45) is 0 Å². The van der Waals surface area contributed by atoms with Gasteiger partial charge in [0, 0.05) is 6.42 Å². The molecule has 0 aromatic heterocycles. The minimum absolute atomic E-state index is 0.854. The molecule has 0 spiro atoms. The zero-order valence-corrected chi connectivity index (χ0v) is 7.68. The molecule has 0 atom stereocenters. The Kier molecular flexibility index (Phi) is 4.54. The summed E-state index contributed by atoms with van der Waals surface area (Å²) in [6.45, 7) is 5.08. The van der Waals surface area contributed by atoms with E-state index in [2.05, 4.69) is 30.5 Å². The van der Waals surface area contributed by atoms with Crippen molar-refractivity contribution in [2.45, 2.75) is 19.8 Å². The van der Waals surface area contributed by atoms with Gasteiger partial charge in [-0.15, -0.1) is 0 Å². The number of hydrogen-bond donors (Lipinski definition) is 1. The molecule has 0 aromatic carbocycles.